The maximum absolute atomic E-state index is 12.6. The summed E-state index contributed by atoms with van der Waals surface area (Å²) in [5.41, 5.74) is 19.2. The van der Waals surface area contributed by atoms with E-state index >= 15 is 0 Å². The fraction of sp³-hybridized carbons (Fsp3) is 0.111. The lowest BCUT2D eigenvalue weighted by Crippen LogP contribution is -2.15. The van der Waals surface area contributed by atoms with Gasteiger partial charge in [0.05, 0.1) is 17.1 Å². The summed E-state index contributed by atoms with van der Waals surface area (Å²) < 4.78 is 6.58. The molecule has 0 aliphatic rings. The number of phenolic OH excluding ortho intramolecular Hbond substituents is 1. The Kier molecular flexibility index (Phi) is 12.6. The maximum atomic E-state index is 12.6. The van der Waals surface area contributed by atoms with Crippen LogP contribution in [-0.2, 0) is 12.8 Å². The van der Waals surface area contributed by atoms with Gasteiger partial charge in [-0.05, 0) is 156 Å². The molecule has 0 aliphatic carbocycles. The number of rotatable bonds is 13. The van der Waals surface area contributed by atoms with Gasteiger partial charge < -0.3 is 19.3 Å². The van der Waals surface area contributed by atoms with Crippen molar-refractivity contribution >= 4 is 77.8 Å². The van der Waals surface area contributed by atoms with Gasteiger partial charge in [0, 0.05) is 49.9 Å². The number of aryl methyl sites for hydroxylation is 5. The molecule has 0 bridgehead atoms. The predicted molar refractivity (Wildman–Crippen MR) is 323 cm³/mol. The Labute approximate surface area is 446 Å². The first-order valence-electron chi connectivity index (χ1n) is 26.6. The highest BCUT2D eigenvalue weighted by Gasteiger charge is 2.25. The molecule has 76 heavy (non-hydrogen) atoms. The molecular weight excluding hydrogens is 925 g/mol. The van der Waals surface area contributed by atoms with Gasteiger partial charge in [0.2, 0.25) is 0 Å². The Morgan fingerprint density at radius 1 is 0.513 bits per heavy atom. The Hall–Kier alpha value is -9.12. The highest BCUT2D eigenvalue weighted by atomic mass is 16.3. The first-order valence-corrected chi connectivity index (χ1v) is 26.6. The summed E-state index contributed by atoms with van der Waals surface area (Å²) >= 11 is 0. The van der Waals surface area contributed by atoms with Crippen molar-refractivity contribution in [2.75, 3.05) is 9.80 Å². The summed E-state index contributed by atoms with van der Waals surface area (Å²) in [7, 11) is 0. The van der Waals surface area contributed by atoms with Gasteiger partial charge in [-0.1, -0.05) is 189 Å². The largest absolute Gasteiger partial charge is 0.505 e. The molecule has 0 saturated heterocycles. The second-order valence-electron chi connectivity index (χ2n) is 20.1. The van der Waals surface area contributed by atoms with Gasteiger partial charge in [-0.3, -0.25) is 0 Å². The zero-order chi connectivity index (χ0) is 52.0. The molecule has 4 nitrogen and oxygen atoms in total. The highest BCUT2D eigenvalue weighted by Crippen LogP contribution is 2.50. The Morgan fingerprint density at radius 3 is 1.84 bits per heavy atom. The van der Waals surface area contributed by atoms with Crippen LogP contribution in [0.2, 0.25) is 0 Å². The molecule has 0 aliphatic heterocycles. The number of anilines is 5. The molecular formula is C72H60N2O2. The summed E-state index contributed by atoms with van der Waals surface area (Å²) in [6.45, 7) is 12.9. The van der Waals surface area contributed by atoms with Crippen molar-refractivity contribution in [1.82, 2.24) is 0 Å². The van der Waals surface area contributed by atoms with Crippen LogP contribution in [0.1, 0.15) is 54.3 Å². The monoisotopic (exact) mass is 984 g/mol. The molecule has 370 valence electrons. The number of hydrogen-bond donors (Lipinski definition) is 1. The molecule has 12 rings (SSSR count). The van der Waals surface area contributed by atoms with Crippen LogP contribution in [0, 0.1) is 20.8 Å². The van der Waals surface area contributed by atoms with Crippen LogP contribution in [0.4, 0.5) is 28.4 Å². The standard InChI is InChI=1S/C72H60N2O2/c1-7-50-31-39-56(40-32-50)73(48(5)18-13-24-59-49(6)76-72-62(59)26-15-27-63(72)60-23-12-10-19-51(60)8-2)66-43-35-52-34-42-65-67(44-36-53-33-41-64(66)69(52)70(53)65)74(57-37-29-46(3)30-38-57)68-28-16-25-61(71(68)75)55-21-14-20-54(45-55)58-22-11-9-17-47(58)4/h9-45,75H,7-8H2,1-6H3/b24-13-,48-18+. The van der Waals surface area contributed by atoms with Crippen molar-refractivity contribution in [3.05, 3.63) is 258 Å². The number of phenols is 1. The minimum Gasteiger partial charge on any atom is -0.505 e. The summed E-state index contributed by atoms with van der Waals surface area (Å²) in [4.78, 5) is 4.62. The zero-order valence-corrected chi connectivity index (χ0v) is 44.0. The highest BCUT2D eigenvalue weighted by molar-refractivity contribution is 6.28. The van der Waals surface area contributed by atoms with E-state index < -0.39 is 0 Å². The first-order chi connectivity index (χ1) is 37.2. The molecule has 0 unspecified atom stereocenters. The van der Waals surface area contributed by atoms with Gasteiger partial charge >= 0.3 is 0 Å². The van der Waals surface area contributed by atoms with Gasteiger partial charge in [-0.2, -0.15) is 0 Å². The van der Waals surface area contributed by atoms with Crippen molar-refractivity contribution in [1.29, 1.82) is 0 Å². The van der Waals surface area contributed by atoms with Crippen molar-refractivity contribution < 1.29 is 9.52 Å². The van der Waals surface area contributed by atoms with Gasteiger partial charge in [0.25, 0.3) is 0 Å². The topological polar surface area (TPSA) is 39.9 Å². The number of nitrogens with zero attached hydrogens (tertiary/aromatic N) is 2. The van der Waals surface area contributed by atoms with Gasteiger partial charge in [0.1, 0.15) is 17.1 Å². The molecule has 12 aromatic rings. The summed E-state index contributed by atoms with van der Waals surface area (Å²) in [6.07, 6.45) is 8.50. The van der Waals surface area contributed by atoms with Gasteiger partial charge in [-0.15, -0.1) is 0 Å². The van der Waals surface area contributed by atoms with E-state index in [0.717, 1.165) is 102 Å². The Morgan fingerprint density at radius 2 is 1.12 bits per heavy atom. The summed E-state index contributed by atoms with van der Waals surface area (Å²) in [6, 6.07) is 73.8. The Bertz CT molecular complexity index is 4190. The number of aromatic hydroxyl groups is 1. The zero-order valence-electron chi connectivity index (χ0n) is 44.0. The van der Waals surface area contributed by atoms with Gasteiger partial charge in [0.15, 0.2) is 0 Å². The smallest absolute Gasteiger partial charge is 0.147 e. The third-order valence-corrected chi connectivity index (χ3v) is 15.5. The fourth-order valence-corrected chi connectivity index (χ4v) is 11.5. The van der Waals surface area contributed by atoms with Crippen molar-refractivity contribution in [2.24, 2.45) is 0 Å². The van der Waals surface area contributed by atoms with Crippen LogP contribution in [-0.4, -0.2) is 5.11 Å². The number of furan rings is 1. The summed E-state index contributed by atoms with van der Waals surface area (Å²) in [5.74, 6) is 1.11. The minimum absolute atomic E-state index is 0.220. The molecule has 0 amide bonds. The quantitative estimate of drug-likeness (QED) is 0.0923. The Balaban J connectivity index is 0.989. The molecule has 0 fully saturated rings. The van der Waals surface area contributed by atoms with E-state index in [1.54, 1.807) is 0 Å². The van der Waals surface area contributed by atoms with Crippen molar-refractivity contribution in [3.63, 3.8) is 0 Å². The molecule has 0 atom stereocenters. The fourth-order valence-electron chi connectivity index (χ4n) is 11.5. The van der Waals surface area contributed by atoms with E-state index in [-0.39, 0.29) is 5.75 Å². The third kappa shape index (κ3) is 8.46. The lowest BCUT2D eigenvalue weighted by atomic mass is 9.91. The first kappa shape index (κ1) is 47.9. The molecule has 0 saturated carbocycles. The average Bonchev–Trinajstić information content (AvgIpc) is 3.81. The van der Waals surface area contributed by atoms with Crippen LogP contribution >= 0.6 is 0 Å². The second kappa shape index (κ2) is 20.0. The predicted octanol–water partition coefficient (Wildman–Crippen LogP) is 20.3. The van der Waals surface area contributed by atoms with Crippen molar-refractivity contribution in [3.8, 4) is 39.1 Å². The average molecular weight is 985 g/mol. The molecule has 4 heteroatoms. The minimum atomic E-state index is 0.220. The second-order valence-corrected chi connectivity index (χ2v) is 20.1. The molecule has 1 N–H and O–H groups in total. The maximum Gasteiger partial charge on any atom is 0.147 e. The van der Waals surface area contributed by atoms with E-state index in [2.05, 4.69) is 264 Å². The molecule has 11 aromatic carbocycles. The molecule has 0 radical (unpaired) electrons. The lowest BCUT2D eigenvalue weighted by Gasteiger charge is -2.30. The SMILES string of the molecule is CCc1ccc(N(/C(C)=C/C=C\c2c(C)oc3c(-c4ccccc4CC)cccc23)c2ccc3ccc4c(N(c5ccc(C)cc5)c5cccc(-c6cccc(-c7ccccc7C)c6)c5O)ccc5ccc2c3c54)cc1. The van der Waals surface area contributed by atoms with Crippen molar-refractivity contribution in [2.45, 2.75) is 54.4 Å². The summed E-state index contributed by atoms with van der Waals surface area (Å²) in [5, 5.41) is 20.7. The normalized spacial score (nSPS) is 12.0. The number of hydrogen-bond acceptors (Lipinski definition) is 4. The van der Waals surface area contributed by atoms with Crippen LogP contribution in [0.25, 0.3) is 82.7 Å². The number of para-hydroxylation sites is 2. The number of allylic oxidation sites excluding steroid dienone is 3. The van der Waals surface area contributed by atoms with E-state index in [1.807, 2.05) is 12.1 Å². The van der Waals surface area contributed by atoms with Crippen LogP contribution in [0.5, 0.6) is 5.75 Å². The van der Waals surface area contributed by atoms with E-state index in [0.29, 0.717) is 5.69 Å². The number of fused-ring (bicyclic) bond motifs is 1. The molecule has 1 aromatic heterocycles. The van der Waals surface area contributed by atoms with E-state index in [9.17, 15) is 5.11 Å². The van der Waals surface area contributed by atoms with Gasteiger partial charge in [-0.25, -0.2) is 0 Å². The van der Waals surface area contributed by atoms with Crippen LogP contribution < -0.4 is 9.80 Å². The van der Waals surface area contributed by atoms with Crippen LogP contribution in [0.3, 0.4) is 0 Å². The number of benzene rings is 11. The van der Waals surface area contributed by atoms with E-state index in [4.69, 9.17) is 4.42 Å². The van der Waals surface area contributed by atoms with E-state index in [1.165, 1.54) is 49.5 Å². The lowest BCUT2D eigenvalue weighted by molar-refractivity contribution is 0.478. The molecule has 1 heterocycles. The third-order valence-electron chi connectivity index (χ3n) is 15.5. The molecule has 0 spiro atoms. The van der Waals surface area contributed by atoms with Crippen LogP contribution in [0.15, 0.2) is 229 Å².